The smallest absolute Gasteiger partial charge is 0.410 e. The number of benzene rings is 1. The highest BCUT2D eigenvalue weighted by molar-refractivity contribution is 6.00. The number of nitrogens with zero attached hydrogens (tertiary/aromatic N) is 6. The number of ether oxygens (including phenoxy) is 2. The van der Waals surface area contributed by atoms with Gasteiger partial charge in [0.15, 0.2) is 0 Å². The van der Waals surface area contributed by atoms with Gasteiger partial charge >= 0.3 is 6.09 Å². The number of anilines is 1. The van der Waals surface area contributed by atoms with Gasteiger partial charge < -0.3 is 29.0 Å². The van der Waals surface area contributed by atoms with E-state index in [0.717, 1.165) is 68.2 Å². The first kappa shape index (κ1) is 33.7. The normalized spacial score (nSPS) is 22.0. The van der Waals surface area contributed by atoms with E-state index in [2.05, 4.69) is 57.3 Å². The second kappa shape index (κ2) is 14.1. The number of carbonyl (C=O) groups excluding carboxylic acids is 2. The van der Waals surface area contributed by atoms with E-state index in [9.17, 15) is 9.59 Å². The van der Waals surface area contributed by atoms with Gasteiger partial charge in [-0.2, -0.15) is 0 Å². The summed E-state index contributed by atoms with van der Waals surface area (Å²) in [5, 5.41) is 4.28. The Morgan fingerprint density at radius 2 is 1.69 bits per heavy atom. The van der Waals surface area contributed by atoms with E-state index >= 15 is 0 Å². The van der Waals surface area contributed by atoms with Gasteiger partial charge in [0.05, 0.1) is 24.3 Å². The summed E-state index contributed by atoms with van der Waals surface area (Å²) in [7, 11) is 1.52. The summed E-state index contributed by atoms with van der Waals surface area (Å²) in [6.45, 7) is 12.2. The average molecular weight is 659 g/mol. The molecule has 1 aromatic carbocycles. The lowest BCUT2D eigenvalue weighted by molar-refractivity contribution is -0.135. The molecule has 48 heavy (non-hydrogen) atoms. The molecule has 1 atom stereocenters. The van der Waals surface area contributed by atoms with Gasteiger partial charge in [-0.25, -0.2) is 14.8 Å². The number of likely N-dealkylation sites (tertiary alicyclic amines) is 2. The van der Waals surface area contributed by atoms with Crippen molar-refractivity contribution in [1.29, 1.82) is 0 Å². The Morgan fingerprint density at radius 3 is 2.29 bits per heavy atom. The molecule has 1 spiro atoms. The molecule has 0 bridgehead atoms. The Labute approximate surface area is 284 Å². The molecule has 11 nitrogen and oxygen atoms in total. The van der Waals surface area contributed by atoms with E-state index in [1.54, 1.807) is 4.90 Å². The largest absolute Gasteiger partial charge is 0.493 e. The molecule has 2 amide bonds. The number of piperidine rings is 1. The summed E-state index contributed by atoms with van der Waals surface area (Å²) in [4.78, 5) is 46.3. The number of carbonyl (C=O) groups is 2. The lowest BCUT2D eigenvalue weighted by Gasteiger charge is -2.47. The minimum Gasteiger partial charge on any atom is -0.493 e. The number of hydrogen-bond donors (Lipinski definition) is 0. The van der Waals surface area contributed by atoms with Crippen molar-refractivity contribution in [1.82, 2.24) is 19.8 Å². The van der Waals surface area contributed by atoms with Crippen LogP contribution in [0.3, 0.4) is 0 Å². The van der Waals surface area contributed by atoms with Crippen molar-refractivity contribution >= 4 is 29.2 Å². The SMILES string of the molecule is CCc1cnc(N2CCC(COc3ccc(C4=CCC(C(=O)N5CC(=NOC)C6(CN(C(=O)OC(C)(C)C)C6)C5)CC4)cc3)CC2)nc1. The number of oxime groups is 1. The Kier molecular flexibility index (Phi) is 9.94. The van der Waals surface area contributed by atoms with Gasteiger partial charge in [0.2, 0.25) is 11.9 Å². The molecule has 3 aliphatic heterocycles. The molecule has 4 aliphatic rings. The monoisotopic (exact) mass is 658 g/mol. The van der Waals surface area contributed by atoms with E-state index in [1.807, 2.05) is 38.1 Å². The fourth-order valence-corrected chi connectivity index (χ4v) is 7.23. The number of allylic oxidation sites excluding steroid dienone is 2. The highest BCUT2D eigenvalue weighted by atomic mass is 16.6. The lowest BCUT2D eigenvalue weighted by atomic mass is 9.78. The van der Waals surface area contributed by atoms with Gasteiger partial charge in [0.25, 0.3) is 0 Å². The number of aryl methyl sites for hydroxylation is 1. The Bertz CT molecular complexity index is 1500. The standard InChI is InChI=1S/C37H50N6O5/c1-6-26-19-38-34(39-20-26)41-17-15-27(16-18-41)22-47-31-13-11-29(12-14-31)28-7-9-30(10-8-28)33(44)42-21-32(40-46-5)37(23-42)24-43(25-37)35(45)48-36(2,3)4/h7,11-14,19-20,27,30H,6,8-10,15-18,21-25H2,1-5H3. The second-order valence-electron chi connectivity index (χ2n) is 14.7. The maximum Gasteiger partial charge on any atom is 0.410 e. The van der Waals surface area contributed by atoms with E-state index in [1.165, 1.54) is 18.2 Å². The Morgan fingerprint density at radius 1 is 1.00 bits per heavy atom. The summed E-state index contributed by atoms with van der Waals surface area (Å²) in [6, 6.07) is 8.39. The predicted octanol–water partition coefficient (Wildman–Crippen LogP) is 5.60. The highest BCUT2D eigenvalue weighted by Gasteiger charge is 2.56. The summed E-state index contributed by atoms with van der Waals surface area (Å²) >= 11 is 0. The molecule has 0 N–H and O–H groups in total. The minimum atomic E-state index is -0.554. The zero-order chi connectivity index (χ0) is 33.9. The Balaban J connectivity index is 0.961. The zero-order valence-electron chi connectivity index (χ0n) is 29.1. The van der Waals surface area contributed by atoms with Crippen molar-refractivity contribution < 1.29 is 23.9 Å². The average Bonchev–Trinajstić information content (AvgIpc) is 3.46. The first-order valence-electron chi connectivity index (χ1n) is 17.4. The van der Waals surface area contributed by atoms with Crippen LogP contribution < -0.4 is 9.64 Å². The molecule has 1 aromatic heterocycles. The van der Waals surface area contributed by atoms with Crippen LogP contribution in [-0.4, -0.2) is 96.1 Å². The summed E-state index contributed by atoms with van der Waals surface area (Å²) in [6.07, 6.45) is 11.2. The van der Waals surface area contributed by atoms with Gasteiger partial charge in [-0.1, -0.05) is 30.3 Å². The number of aromatic nitrogens is 2. The molecular weight excluding hydrogens is 608 g/mol. The van der Waals surface area contributed by atoms with E-state index in [4.69, 9.17) is 14.3 Å². The number of amides is 2. The van der Waals surface area contributed by atoms with Crippen LogP contribution in [0.4, 0.5) is 10.7 Å². The molecule has 0 radical (unpaired) electrons. The van der Waals surface area contributed by atoms with Crippen LogP contribution in [0.15, 0.2) is 47.9 Å². The molecule has 11 heteroatoms. The van der Waals surface area contributed by atoms with Crippen molar-refractivity contribution in [3.8, 4) is 5.75 Å². The summed E-state index contributed by atoms with van der Waals surface area (Å²) in [5.41, 5.74) is 3.53. The van der Waals surface area contributed by atoms with Crippen molar-refractivity contribution in [2.45, 2.75) is 71.8 Å². The Hall–Kier alpha value is -4.15. The highest BCUT2D eigenvalue weighted by Crippen LogP contribution is 2.40. The van der Waals surface area contributed by atoms with Crippen molar-refractivity contribution in [2.75, 3.05) is 57.9 Å². The fourth-order valence-electron chi connectivity index (χ4n) is 7.23. The third-order valence-electron chi connectivity index (χ3n) is 10.1. The molecule has 0 saturated carbocycles. The molecular formula is C37H50N6O5. The molecule has 6 rings (SSSR count). The summed E-state index contributed by atoms with van der Waals surface area (Å²) < 4.78 is 11.7. The third kappa shape index (κ3) is 7.60. The van der Waals surface area contributed by atoms with Gasteiger partial charge in [0, 0.05) is 51.0 Å². The first-order chi connectivity index (χ1) is 23.1. The summed E-state index contributed by atoms with van der Waals surface area (Å²) in [5.74, 6) is 2.32. The zero-order valence-corrected chi connectivity index (χ0v) is 29.1. The van der Waals surface area contributed by atoms with Crippen LogP contribution in [-0.2, 0) is 20.8 Å². The minimum absolute atomic E-state index is 0.0639. The number of rotatable bonds is 8. The lowest BCUT2D eigenvalue weighted by Crippen LogP contribution is -2.63. The second-order valence-corrected chi connectivity index (χ2v) is 14.7. The maximum atomic E-state index is 13.7. The molecule has 3 saturated heterocycles. The first-order valence-corrected chi connectivity index (χ1v) is 17.4. The van der Waals surface area contributed by atoms with Gasteiger partial charge in [-0.05, 0) is 94.0 Å². The van der Waals surface area contributed by atoms with Crippen LogP contribution in [0, 0.1) is 17.3 Å². The van der Waals surface area contributed by atoms with Crippen molar-refractivity contribution in [2.24, 2.45) is 22.4 Å². The van der Waals surface area contributed by atoms with Gasteiger partial charge in [-0.3, -0.25) is 4.79 Å². The van der Waals surface area contributed by atoms with Crippen molar-refractivity contribution in [3.63, 3.8) is 0 Å². The predicted molar refractivity (Wildman–Crippen MR) is 185 cm³/mol. The van der Waals surface area contributed by atoms with Crippen LogP contribution in [0.2, 0.25) is 0 Å². The molecule has 4 heterocycles. The fraction of sp³-hybridized carbons (Fsp3) is 0.595. The number of hydrogen-bond acceptors (Lipinski definition) is 9. The molecule has 1 aliphatic carbocycles. The van der Waals surface area contributed by atoms with E-state index in [0.29, 0.717) is 45.1 Å². The van der Waals surface area contributed by atoms with Crippen LogP contribution in [0.25, 0.3) is 5.57 Å². The molecule has 258 valence electrons. The third-order valence-corrected chi connectivity index (χ3v) is 10.1. The molecule has 3 fully saturated rings. The maximum absolute atomic E-state index is 13.7. The van der Waals surface area contributed by atoms with Crippen LogP contribution in [0.5, 0.6) is 5.75 Å². The van der Waals surface area contributed by atoms with Crippen LogP contribution in [0.1, 0.15) is 70.9 Å². The van der Waals surface area contributed by atoms with Gasteiger partial charge in [-0.15, -0.1) is 0 Å². The van der Waals surface area contributed by atoms with Crippen molar-refractivity contribution in [3.05, 3.63) is 53.9 Å². The van der Waals surface area contributed by atoms with Crippen LogP contribution >= 0.6 is 0 Å². The molecule has 2 aromatic rings. The van der Waals surface area contributed by atoms with E-state index < -0.39 is 5.60 Å². The molecule has 1 unspecified atom stereocenters. The van der Waals surface area contributed by atoms with E-state index in [-0.39, 0.29) is 23.3 Å². The topological polar surface area (TPSA) is 110 Å². The van der Waals surface area contributed by atoms with Gasteiger partial charge in [0.1, 0.15) is 18.5 Å². The quantitative estimate of drug-likeness (QED) is 0.338.